The van der Waals surface area contributed by atoms with Crippen molar-refractivity contribution in [3.63, 3.8) is 0 Å². The van der Waals surface area contributed by atoms with Gasteiger partial charge in [0, 0.05) is 36.2 Å². The van der Waals surface area contributed by atoms with Crippen LogP contribution in [0, 0.1) is 0 Å². The van der Waals surface area contributed by atoms with E-state index in [1.807, 2.05) is 66.9 Å². The average Bonchev–Trinajstić information content (AvgIpc) is 3.11. The molecule has 2 aromatic carbocycles. The van der Waals surface area contributed by atoms with Gasteiger partial charge < -0.3 is 5.32 Å². The highest BCUT2D eigenvalue weighted by Crippen LogP contribution is 2.24. The molecule has 0 aliphatic carbocycles. The molecule has 3 rings (SSSR count). The third-order valence-electron chi connectivity index (χ3n) is 4.00. The molecule has 0 saturated heterocycles. The van der Waals surface area contributed by atoms with Crippen molar-refractivity contribution < 1.29 is 13.2 Å². The topological polar surface area (TPSA) is 81.1 Å². The number of benzene rings is 2. The summed E-state index contributed by atoms with van der Waals surface area (Å²) in [6, 6.07) is 19.4. The lowest BCUT2D eigenvalue weighted by Crippen LogP contribution is -2.27. The molecular formula is C21H21N3O3S. The lowest BCUT2D eigenvalue weighted by atomic mass is 10.1. The molecule has 0 fully saturated rings. The molecule has 0 unspecified atom stereocenters. The van der Waals surface area contributed by atoms with Gasteiger partial charge in [-0.05, 0) is 18.2 Å². The number of carbonyl (C=O) groups is 1. The lowest BCUT2D eigenvalue weighted by Gasteiger charge is -2.01. The van der Waals surface area contributed by atoms with Gasteiger partial charge in [-0.3, -0.25) is 4.79 Å². The van der Waals surface area contributed by atoms with E-state index in [2.05, 4.69) is 10.4 Å². The number of hydrogen-bond acceptors (Lipinski definition) is 4. The monoisotopic (exact) mass is 395 g/mol. The second kappa shape index (κ2) is 8.67. The highest BCUT2D eigenvalue weighted by Gasteiger charge is 2.10. The molecule has 1 amide bonds. The molecule has 0 aliphatic heterocycles. The molecular weight excluding hydrogens is 374 g/mol. The Kier molecular flexibility index (Phi) is 6.06. The number of para-hydroxylation sites is 1. The molecule has 7 heteroatoms. The first-order chi connectivity index (χ1) is 13.4. The third kappa shape index (κ3) is 5.40. The van der Waals surface area contributed by atoms with E-state index < -0.39 is 9.84 Å². The first-order valence-electron chi connectivity index (χ1n) is 8.76. The zero-order valence-electron chi connectivity index (χ0n) is 15.4. The molecule has 3 aromatic rings. The number of carbonyl (C=O) groups excluding carboxylic acids is 1. The Labute approximate surface area is 164 Å². The number of hydrogen-bond donors (Lipinski definition) is 1. The van der Waals surface area contributed by atoms with Crippen LogP contribution in [0.1, 0.15) is 5.56 Å². The number of nitrogens with zero attached hydrogens (tertiary/aromatic N) is 2. The molecule has 144 valence electrons. The summed E-state index contributed by atoms with van der Waals surface area (Å²) in [5, 5.41) is 7.25. The SMILES string of the molecule is CS(=O)(=O)CCNC(=O)C=Cc1cn(-c2ccccc2)nc1-c1ccccc1. The van der Waals surface area contributed by atoms with E-state index in [9.17, 15) is 13.2 Å². The fraction of sp³-hybridized carbons (Fsp3) is 0.143. The van der Waals surface area contributed by atoms with Crippen LogP contribution < -0.4 is 5.32 Å². The molecule has 6 nitrogen and oxygen atoms in total. The summed E-state index contributed by atoms with van der Waals surface area (Å²) in [6.07, 6.45) is 6.07. The van der Waals surface area contributed by atoms with E-state index in [4.69, 9.17) is 0 Å². The fourth-order valence-corrected chi connectivity index (χ4v) is 3.10. The van der Waals surface area contributed by atoms with Crippen LogP contribution in [0.15, 0.2) is 72.9 Å². The average molecular weight is 395 g/mol. The first kappa shape index (κ1) is 19.6. The normalized spacial score (nSPS) is 11.6. The van der Waals surface area contributed by atoms with Crippen molar-refractivity contribution in [1.82, 2.24) is 15.1 Å². The van der Waals surface area contributed by atoms with Crippen molar-refractivity contribution >= 4 is 21.8 Å². The minimum absolute atomic E-state index is 0.0802. The van der Waals surface area contributed by atoms with Crippen LogP contribution in [0.4, 0.5) is 0 Å². The van der Waals surface area contributed by atoms with Crippen LogP contribution in [0.2, 0.25) is 0 Å². The fourth-order valence-electron chi connectivity index (χ4n) is 2.63. The molecule has 0 radical (unpaired) electrons. The van der Waals surface area contributed by atoms with Crippen LogP contribution >= 0.6 is 0 Å². The molecule has 0 atom stereocenters. The van der Waals surface area contributed by atoms with Crippen LogP contribution in [-0.4, -0.2) is 42.7 Å². The Morgan fingerprint density at radius 2 is 1.71 bits per heavy atom. The number of amides is 1. The van der Waals surface area contributed by atoms with Crippen LogP contribution in [0.5, 0.6) is 0 Å². The quantitative estimate of drug-likeness (QED) is 0.624. The van der Waals surface area contributed by atoms with Gasteiger partial charge in [-0.15, -0.1) is 0 Å². The number of rotatable bonds is 7. The summed E-state index contributed by atoms with van der Waals surface area (Å²) >= 11 is 0. The number of sulfone groups is 1. The van der Waals surface area contributed by atoms with Gasteiger partial charge in [0.1, 0.15) is 9.84 Å². The van der Waals surface area contributed by atoms with Gasteiger partial charge in [0.2, 0.25) is 5.91 Å². The van der Waals surface area contributed by atoms with Gasteiger partial charge in [0.15, 0.2) is 0 Å². The smallest absolute Gasteiger partial charge is 0.244 e. The summed E-state index contributed by atoms with van der Waals surface area (Å²) < 4.78 is 24.1. The number of nitrogens with one attached hydrogen (secondary N) is 1. The van der Waals surface area contributed by atoms with Crippen molar-refractivity contribution in [2.75, 3.05) is 18.6 Å². The Balaban J connectivity index is 1.84. The standard InChI is InChI=1S/C21H21N3O3S/c1-28(26,27)15-14-22-20(25)13-12-18-16-24(19-10-6-3-7-11-19)23-21(18)17-8-4-2-5-9-17/h2-13,16H,14-15H2,1H3,(H,22,25). The maximum absolute atomic E-state index is 12.0. The second-order valence-corrected chi connectivity index (χ2v) is 8.59. The molecule has 0 saturated carbocycles. The summed E-state index contributed by atoms with van der Waals surface area (Å²) in [6.45, 7) is 0.0802. The van der Waals surface area contributed by atoms with Crippen molar-refractivity contribution in [1.29, 1.82) is 0 Å². The maximum Gasteiger partial charge on any atom is 0.244 e. The van der Waals surface area contributed by atoms with E-state index >= 15 is 0 Å². The van der Waals surface area contributed by atoms with Crippen molar-refractivity contribution in [2.45, 2.75) is 0 Å². The largest absolute Gasteiger partial charge is 0.352 e. The van der Waals surface area contributed by atoms with E-state index in [-0.39, 0.29) is 18.2 Å². The van der Waals surface area contributed by atoms with Crippen molar-refractivity contribution in [2.24, 2.45) is 0 Å². The van der Waals surface area contributed by atoms with Gasteiger partial charge in [-0.25, -0.2) is 13.1 Å². The van der Waals surface area contributed by atoms with E-state index in [1.54, 1.807) is 10.8 Å². The van der Waals surface area contributed by atoms with Crippen LogP contribution in [0.25, 0.3) is 23.0 Å². The lowest BCUT2D eigenvalue weighted by molar-refractivity contribution is -0.116. The zero-order valence-corrected chi connectivity index (χ0v) is 16.3. The molecule has 28 heavy (non-hydrogen) atoms. The van der Waals surface area contributed by atoms with Gasteiger partial charge in [0.25, 0.3) is 0 Å². The Bertz CT molecular complexity index is 1070. The van der Waals surface area contributed by atoms with Gasteiger partial charge in [0.05, 0.1) is 17.1 Å². The summed E-state index contributed by atoms with van der Waals surface area (Å²) in [5.74, 6) is -0.441. The zero-order chi connectivity index (χ0) is 20.0. The summed E-state index contributed by atoms with van der Waals surface area (Å²) in [7, 11) is -3.11. The first-order valence-corrected chi connectivity index (χ1v) is 10.8. The van der Waals surface area contributed by atoms with Crippen LogP contribution in [0.3, 0.4) is 0 Å². The molecule has 1 heterocycles. The minimum Gasteiger partial charge on any atom is -0.352 e. The highest BCUT2D eigenvalue weighted by atomic mass is 32.2. The van der Waals surface area contributed by atoms with Gasteiger partial charge >= 0.3 is 0 Å². The summed E-state index contributed by atoms with van der Waals surface area (Å²) in [5.41, 5.74) is 3.39. The summed E-state index contributed by atoms with van der Waals surface area (Å²) in [4.78, 5) is 12.0. The number of aromatic nitrogens is 2. The molecule has 1 N–H and O–H groups in total. The Hall–Kier alpha value is -3.19. The van der Waals surface area contributed by atoms with Gasteiger partial charge in [-0.1, -0.05) is 48.5 Å². The van der Waals surface area contributed by atoms with Crippen molar-refractivity contribution in [3.8, 4) is 16.9 Å². The predicted octanol–water partition coefficient (Wildman–Crippen LogP) is 2.71. The van der Waals surface area contributed by atoms with E-state index in [1.165, 1.54) is 6.08 Å². The second-order valence-electron chi connectivity index (χ2n) is 6.33. The molecule has 1 aromatic heterocycles. The maximum atomic E-state index is 12.0. The Morgan fingerprint density at radius 3 is 2.36 bits per heavy atom. The molecule has 0 bridgehead atoms. The van der Waals surface area contributed by atoms with E-state index in [0.29, 0.717) is 0 Å². The predicted molar refractivity (Wildman–Crippen MR) is 111 cm³/mol. The van der Waals surface area contributed by atoms with E-state index in [0.717, 1.165) is 28.8 Å². The molecule has 0 spiro atoms. The van der Waals surface area contributed by atoms with Crippen LogP contribution in [-0.2, 0) is 14.6 Å². The molecule has 0 aliphatic rings. The van der Waals surface area contributed by atoms with Crippen molar-refractivity contribution in [3.05, 3.63) is 78.5 Å². The highest BCUT2D eigenvalue weighted by molar-refractivity contribution is 7.90. The Morgan fingerprint density at radius 1 is 1.07 bits per heavy atom. The minimum atomic E-state index is -3.11. The van der Waals surface area contributed by atoms with Gasteiger partial charge in [-0.2, -0.15) is 5.10 Å². The third-order valence-corrected chi connectivity index (χ3v) is 4.94.